The second-order valence-corrected chi connectivity index (χ2v) is 4.11. The summed E-state index contributed by atoms with van der Waals surface area (Å²) < 4.78 is 1.43. The first-order valence-electron chi connectivity index (χ1n) is 5.88. The van der Waals surface area contributed by atoms with Gasteiger partial charge in [0.1, 0.15) is 18.7 Å². The van der Waals surface area contributed by atoms with Crippen LogP contribution in [0.5, 0.6) is 0 Å². The van der Waals surface area contributed by atoms with Crippen LogP contribution in [0.15, 0.2) is 31.0 Å². The third kappa shape index (κ3) is 3.16. The summed E-state index contributed by atoms with van der Waals surface area (Å²) in [5.41, 5.74) is 0.609. The topological polar surface area (TPSA) is 110 Å². The number of aromatic nitrogens is 4. The number of amides is 1. The van der Waals surface area contributed by atoms with E-state index in [1.807, 2.05) is 0 Å². The molecule has 0 saturated carbocycles. The number of aromatic carboxylic acids is 1. The zero-order valence-corrected chi connectivity index (χ0v) is 10.7. The van der Waals surface area contributed by atoms with Crippen molar-refractivity contribution >= 4 is 11.9 Å². The largest absolute Gasteiger partial charge is 0.478 e. The first-order valence-corrected chi connectivity index (χ1v) is 5.88. The second-order valence-electron chi connectivity index (χ2n) is 4.11. The number of hydrogen-bond donors (Lipinski definition) is 2. The summed E-state index contributed by atoms with van der Waals surface area (Å²) >= 11 is 0. The minimum atomic E-state index is -1.03. The number of carbonyl (C=O) groups is 2. The van der Waals surface area contributed by atoms with Crippen molar-refractivity contribution in [2.45, 2.75) is 19.5 Å². The monoisotopic (exact) mass is 275 g/mol. The van der Waals surface area contributed by atoms with Gasteiger partial charge in [0.05, 0.1) is 17.8 Å². The van der Waals surface area contributed by atoms with Gasteiger partial charge in [-0.1, -0.05) is 0 Å². The Morgan fingerprint density at radius 1 is 1.50 bits per heavy atom. The summed E-state index contributed by atoms with van der Waals surface area (Å²) in [5, 5.41) is 15.4. The number of hydrogen-bond acceptors (Lipinski definition) is 5. The van der Waals surface area contributed by atoms with E-state index >= 15 is 0 Å². The number of rotatable bonds is 5. The molecule has 0 aliphatic heterocycles. The van der Waals surface area contributed by atoms with Crippen LogP contribution in [0.25, 0.3) is 0 Å². The van der Waals surface area contributed by atoms with Crippen molar-refractivity contribution < 1.29 is 14.7 Å². The molecule has 0 radical (unpaired) electrons. The Labute approximate surface area is 114 Å². The summed E-state index contributed by atoms with van der Waals surface area (Å²) in [7, 11) is 0. The molecule has 20 heavy (non-hydrogen) atoms. The standard InChI is InChI=1S/C12H13N5O3/c1-8(17-7-13-6-16-17)11(18)15-5-10-4-9(12(19)20)2-3-14-10/h2-4,6-8H,5H2,1H3,(H,15,18)(H,19,20). The average Bonchev–Trinajstić information content (AvgIpc) is 2.98. The van der Waals surface area contributed by atoms with Crippen LogP contribution in [0.3, 0.4) is 0 Å². The van der Waals surface area contributed by atoms with Crippen molar-refractivity contribution in [1.82, 2.24) is 25.1 Å². The van der Waals surface area contributed by atoms with E-state index in [2.05, 4.69) is 20.4 Å². The van der Waals surface area contributed by atoms with E-state index in [1.165, 1.54) is 35.7 Å². The van der Waals surface area contributed by atoms with E-state index in [1.54, 1.807) is 6.92 Å². The fourth-order valence-corrected chi connectivity index (χ4v) is 1.57. The highest BCUT2D eigenvalue weighted by Gasteiger charge is 2.15. The summed E-state index contributed by atoms with van der Waals surface area (Å²) in [6.45, 7) is 1.84. The molecule has 1 atom stereocenters. The highest BCUT2D eigenvalue weighted by molar-refractivity contribution is 5.87. The fourth-order valence-electron chi connectivity index (χ4n) is 1.57. The molecule has 0 fully saturated rings. The maximum atomic E-state index is 11.9. The van der Waals surface area contributed by atoms with Crippen molar-refractivity contribution in [3.63, 3.8) is 0 Å². The maximum absolute atomic E-state index is 11.9. The summed E-state index contributed by atoms with van der Waals surface area (Å²) in [4.78, 5) is 30.5. The SMILES string of the molecule is CC(C(=O)NCc1cc(C(=O)O)ccn1)n1cncn1. The van der Waals surface area contributed by atoms with Gasteiger partial charge in [-0.2, -0.15) is 5.10 Å². The fraction of sp³-hybridized carbons (Fsp3) is 0.250. The first kappa shape index (κ1) is 13.7. The Morgan fingerprint density at radius 3 is 2.95 bits per heavy atom. The lowest BCUT2D eigenvalue weighted by molar-refractivity contribution is -0.124. The second kappa shape index (κ2) is 5.91. The maximum Gasteiger partial charge on any atom is 0.335 e. The molecule has 1 amide bonds. The lowest BCUT2D eigenvalue weighted by Gasteiger charge is -2.11. The molecule has 0 aliphatic carbocycles. The van der Waals surface area contributed by atoms with Gasteiger partial charge in [0, 0.05) is 6.20 Å². The molecule has 0 aromatic carbocycles. The molecule has 0 aliphatic rings. The van der Waals surface area contributed by atoms with E-state index < -0.39 is 12.0 Å². The van der Waals surface area contributed by atoms with Gasteiger partial charge in [-0.3, -0.25) is 9.78 Å². The zero-order valence-electron chi connectivity index (χ0n) is 10.7. The van der Waals surface area contributed by atoms with Gasteiger partial charge >= 0.3 is 5.97 Å². The average molecular weight is 275 g/mol. The normalized spacial score (nSPS) is 11.8. The summed E-state index contributed by atoms with van der Waals surface area (Å²) in [5.74, 6) is -1.28. The number of nitrogens with zero attached hydrogens (tertiary/aromatic N) is 4. The number of carboxylic acids is 1. The smallest absolute Gasteiger partial charge is 0.335 e. The number of nitrogens with one attached hydrogen (secondary N) is 1. The van der Waals surface area contributed by atoms with E-state index in [0.29, 0.717) is 5.69 Å². The van der Waals surface area contributed by atoms with Gasteiger partial charge in [-0.15, -0.1) is 0 Å². The van der Waals surface area contributed by atoms with Crippen molar-refractivity contribution in [3.05, 3.63) is 42.2 Å². The van der Waals surface area contributed by atoms with E-state index in [0.717, 1.165) is 0 Å². The van der Waals surface area contributed by atoms with Gasteiger partial charge < -0.3 is 10.4 Å². The van der Waals surface area contributed by atoms with Crippen LogP contribution in [-0.2, 0) is 11.3 Å². The predicted molar refractivity (Wildman–Crippen MR) is 67.8 cm³/mol. The van der Waals surface area contributed by atoms with E-state index in [4.69, 9.17) is 5.11 Å². The Hall–Kier alpha value is -2.77. The van der Waals surface area contributed by atoms with Crippen LogP contribution < -0.4 is 5.32 Å². The van der Waals surface area contributed by atoms with Crippen LogP contribution in [0.1, 0.15) is 29.0 Å². The van der Waals surface area contributed by atoms with Crippen LogP contribution >= 0.6 is 0 Å². The molecular formula is C12H13N5O3. The molecule has 2 aromatic rings. The predicted octanol–water partition coefficient (Wildman–Crippen LogP) is 0.249. The molecule has 104 valence electrons. The Kier molecular flexibility index (Phi) is 4.04. The van der Waals surface area contributed by atoms with E-state index in [-0.39, 0.29) is 18.0 Å². The van der Waals surface area contributed by atoms with Crippen molar-refractivity contribution in [1.29, 1.82) is 0 Å². The van der Waals surface area contributed by atoms with Gasteiger partial charge in [0.25, 0.3) is 0 Å². The first-order chi connectivity index (χ1) is 9.58. The van der Waals surface area contributed by atoms with Crippen LogP contribution in [0, 0.1) is 0 Å². The molecule has 8 nitrogen and oxygen atoms in total. The molecule has 2 rings (SSSR count). The molecule has 0 bridgehead atoms. The number of carbonyl (C=O) groups excluding carboxylic acids is 1. The van der Waals surface area contributed by atoms with Crippen LogP contribution in [0.2, 0.25) is 0 Å². The Bertz CT molecular complexity index is 611. The minimum absolute atomic E-state index is 0.133. The van der Waals surface area contributed by atoms with Crippen LogP contribution in [0.4, 0.5) is 0 Å². The van der Waals surface area contributed by atoms with E-state index in [9.17, 15) is 9.59 Å². The molecule has 2 heterocycles. The van der Waals surface area contributed by atoms with Crippen molar-refractivity contribution in [3.8, 4) is 0 Å². The number of carboxylic acid groups (broad SMARTS) is 1. The minimum Gasteiger partial charge on any atom is -0.478 e. The Morgan fingerprint density at radius 2 is 2.30 bits per heavy atom. The molecule has 8 heteroatoms. The molecule has 0 spiro atoms. The molecular weight excluding hydrogens is 262 g/mol. The van der Waals surface area contributed by atoms with Gasteiger partial charge in [0.2, 0.25) is 5.91 Å². The zero-order chi connectivity index (χ0) is 14.5. The third-order valence-corrected chi connectivity index (χ3v) is 2.72. The van der Waals surface area contributed by atoms with Gasteiger partial charge in [-0.05, 0) is 19.1 Å². The lowest BCUT2D eigenvalue weighted by Crippen LogP contribution is -2.31. The Balaban J connectivity index is 1.96. The summed E-state index contributed by atoms with van der Waals surface area (Å²) in [6, 6.07) is 2.31. The molecule has 1 unspecified atom stereocenters. The van der Waals surface area contributed by atoms with Crippen molar-refractivity contribution in [2.24, 2.45) is 0 Å². The van der Waals surface area contributed by atoms with Crippen LogP contribution in [-0.4, -0.2) is 36.7 Å². The third-order valence-electron chi connectivity index (χ3n) is 2.72. The lowest BCUT2D eigenvalue weighted by atomic mass is 10.2. The quantitative estimate of drug-likeness (QED) is 0.809. The summed E-state index contributed by atoms with van der Waals surface area (Å²) in [6.07, 6.45) is 4.20. The van der Waals surface area contributed by atoms with Crippen molar-refractivity contribution in [2.75, 3.05) is 0 Å². The highest BCUT2D eigenvalue weighted by Crippen LogP contribution is 2.04. The molecule has 0 saturated heterocycles. The van der Waals surface area contributed by atoms with Gasteiger partial charge in [0.15, 0.2) is 0 Å². The molecule has 2 aromatic heterocycles. The number of pyridine rings is 1. The molecule has 2 N–H and O–H groups in total. The highest BCUT2D eigenvalue weighted by atomic mass is 16.4. The van der Waals surface area contributed by atoms with Gasteiger partial charge in [-0.25, -0.2) is 14.5 Å².